The van der Waals surface area contributed by atoms with Gasteiger partial charge in [-0.1, -0.05) is 30.2 Å². The minimum atomic E-state index is -0.991. The Bertz CT molecular complexity index is 913. The van der Waals surface area contributed by atoms with Crippen molar-refractivity contribution in [2.24, 2.45) is 5.92 Å². The van der Waals surface area contributed by atoms with Gasteiger partial charge in [-0.2, -0.15) is 0 Å². The van der Waals surface area contributed by atoms with Crippen molar-refractivity contribution in [1.29, 1.82) is 0 Å². The fourth-order valence-corrected chi connectivity index (χ4v) is 3.58. The molecular weight excluding hydrogens is 416 g/mol. The van der Waals surface area contributed by atoms with E-state index in [1.54, 1.807) is 39.2 Å². The molecule has 0 aliphatic heterocycles. The van der Waals surface area contributed by atoms with Crippen molar-refractivity contribution in [3.63, 3.8) is 0 Å². The Kier molecular flexibility index (Phi) is 11.3. The number of hydrogen-bond acceptors (Lipinski definition) is 5. The van der Waals surface area contributed by atoms with Crippen LogP contribution in [0.3, 0.4) is 0 Å². The molecule has 0 aliphatic carbocycles. The molecule has 0 unspecified atom stereocenters. The van der Waals surface area contributed by atoms with Crippen LogP contribution in [0.1, 0.15) is 71.4 Å². The van der Waals surface area contributed by atoms with Crippen LogP contribution in [-0.4, -0.2) is 34.5 Å². The topological polar surface area (TPSA) is 83.8 Å². The predicted molar refractivity (Wildman–Crippen MR) is 134 cm³/mol. The van der Waals surface area contributed by atoms with Crippen LogP contribution >= 0.6 is 0 Å². The Morgan fingerprint density at radius 1 is 1.18 bits per heavy atom. The molecule has 1 rings (SSSR count). The molecule has 0 aromatic heterocycles. The van der Waals surface area contributed by atoms with Crippen molar-refractivity contribution in [2.75, 3.05) is 7.11 Å². The first-order valence-corrected chi connectivity index (χ1v) is 11.5. The summed E-state index contributed by atoms with van der Waals surface area (Å²) in [5.74, 6) is 0.900. The summed E-state index contributed by atoms with van der Waals surface area (Å²) in [6, 6.07) is 3.35. The molecule has 2 N–H and O–H groups in total. The number of aliphatic hydroxyl groups is 1. The number of allylic oxidation sites excluding steroid dienone is 5. The van der Waals surface area contributed by atoms with Crippen molar-refractivity contribution in [3.8, 4) is 11.5 Å². The normalized spacial score (nSPS) is 13.9. The highest BCUT2D eigenvalue weighted by molar-refractivity contribution is 5.92. The molecule has 0 heterocycles. The number of ether oxygens (including phenoxy) is 1. The molecule has 1 atom stereocenters. The van der Waals surface area contributed by atoms with Crippen LogP contribution in [0.5, 0.6) is 11.5 Å². The lowest BCUT2D eigenvalue weighted by Gasteiger charge is -2.12. The standard InChI is InChI=1S/C28H40O5/c1-19(9-8-10-21(3)26(31)13-14-28(5,6)32)15-24(29)16-20(2)11-12-23-18-25(30)17-22(4)27(23)33-7/h11,13-15,17-18,21,30,32H,8-10,12,16H2,1-7H3/b14-13+,19-15-,20-11+/t21-/m1/s1. The SMILES string of the molecule is COc1c(C)cc(O)cc1C/C=C(\C)CC(=O)/C=C(/C)CCC[C@@H](C)C(=O)/C=C/C(C)(C)O. The summed E-state index contributed by atoms with van der Waals surface area (Å²) >= 11 is 0. The van der Waals surface area contributed by atoms with Crippen LogP contribution < -0.4 is 4.74 Å². The van der Waals surface area contributed by atoms with Crippen molar-refractivity contribution < 1.29 is 24.5 Å². The number of carbonyl (C=O) groups excluding carboxylic acids is 2. The maximum Gasteiger partial charge on any atom is 0.159 e. The quantitative estimate of drug-likeness (QED) is 0.289. The van der Waals surface area contributed by atoms with E-state index >= 15 is 0 Å². The third kappa shape index (κ3) is 11.2. The predicted octanol–water partition coefficient (Wildman–Crippen LogP) is 5.81. The van der Waals surface area contributed by atoms with Gasteiger partial charge >= 0.3 is 0 Å². The van der Waals surface area contributed by atoms with Crippen molar-refractivity contribution >= 4 is 11.6 Å². The summed E-state index contributed by atoms with van der Waals surface area (Å²) in [6.07, 6.45) is 9.90. The molecule has 0 bridgehead atoms. The minimum absolute atomic E-state index is 0.00848. The van der Waals surface area contributed by atoms with Gasteiger partial charge in [0, 0.05) is 17.9 Å². The van der Waals surface area contributed by atoms with Crippen LogP contribution in [0.4, 0.5) is 0 Å². The van der Waals surface area contributed by atoms with Gasteiger partial charge in [-0.3, -0.25) is 9.59 Å². The zero-order valence-corrected chi connectivity index (χ0v) is 21.2. The van der Waals surface area contributed by atoms with Gasteiger partial charge in [0.1, 0.15) is 11.5 Å². The summed E-state index contributed by atoms with van der Waals surface area (Å²) in [6.45, 7) is 10.9. The second-order valence-corrected chi connectivity index (χ2v) is 9.53. The van der Waals surface area contributed by atoms with Crippen molar-refractivity contribution in [1.82, 2.24) is 0 Å². The van der Waals surface area contributed by atoms with Gasteiger partial charge in [0.15, 0.2) is 11.6 Å². The molecule has 0 radical (unpaired) electrons. The van der Waals surface area contributed by atoms with Crippen molar-refractivity contribution in [3.05, 3.63) is 58.7 Å². The zero-order valence-electron chi connectivity index (χ0n) is 21.2. The smallest absolute Gasteiger partial charge is 0.159 e. The fraction of sp³-hybridized carbons (Fsp3) is 0.500. The van der Waals surface area contributed by atoms with E-state index in [0.717, 1.165) is 47.3 Å². The molecule has 33 heavy (non-hydrogen) atoms. The Morgan fingerprint density at radius 3 is 2.45 bits per heavy atom. The molecule has 0 fully saturated rings. The van der Waals surface area contributed by atoms with Crippen molar-refractivity contribution in [2.45, 2.75) is 79.2 Å². The summed E-state index contributed by atoms with van der Waals surface area (Å²) in [5, 5.41) is 19.5. The molecule has 5 nitrogen and oxygen atoms in total. The number of hydrogen-bond donors (Lipinski definition) is 2. The molecule has 5 heteroatoms. The monoisotopic (exact) mass is 456 g/mol. The zero-order chi connectivity index (χ0) is 25.2. The maximum atomic E-state index is 12.4. The average Bonchev–Trinajstić information content (AvgIpc) is 2.69. The fourth-order valence-electron chi connectivity index (χ4n) is 3.58. The second kappa shape index (κ2) is 13.1. The maximum absolute atomic E-state index is 12.4. The Balaban J connectivity index is 2.56. The number of phenolic OH excluding ortho intramolecular Hbond substituents is 1. The number of methoxy groups -OCH3 is 1. The summed E-state index contributed by atoms with van der Waals surface area (Å²) < 4.78 is 5.44. The molecule has 0 spiro atoms. The molecule has 182 valence electrons. The van der Waals surface area contributed by atoms with E-state index in [2.05, 4.69) is 0 Å². The van der Waals surface area contributed by atoms with E-state index in [0.29, 0.717) is 12.8 Å². The van der Waals surface area contributed by atoms with Gasteiger partial charge in [-0.25, -0.2) is 0 Å². The van der Waals surface area contributed by atoms with Gasteiger partial charge in [-0.05, 0) is 90.2 Å². The van der Waals surface area contributed by atoms with E-state index in [1.807, 2.05) is 33.8 Å². The minimum Gasteiger partial charge on any atom is -0.508 e. The lowest BCUT2D eigenvalue weighted by molar-refractivity contribution is -0.118. The largest absolute Gasteiger partial charge is 0.508 e. The lowest BCUT2D eigenvalue weighted by Crippen LogP contribution is -2.16. The van der Waals surface area contributed by atoms with E-state index in [9.17, 15) is 19.8 Å². The molecule has 0 saturated carbocycles. The third-order valence-corrected chi connectivity index (χ3v) is 5.42. The van der Waals surface area contributed by atoms with Crippen LogP contribution in [0.25, 0.3) is 0 Å². The summed E-state index contributed by atoms with van der Waals surface area (Å²) in [4.78, 5) is 24.5. The van der Waals surface area contributed by atoms with Gasteiger partial charge < -0.3 is 14.9 Å². The Hall–Kier alpha value is -2.66. The molecular formula is C28H40O5. The van der Waals surface area contributed by atoms with Gasteiger partial charge in [0.2, 0.25) is 0 Å². The molecule has 1 aromatic rings. The Morgan fingerprint density at radius 2 is 1.85 bits per heavy atom. The van der Waals surface area contributed by atoms with Crippen LogP contribution in [0.2, 0.25) is 0 Å². The van der Waals surface area contributed by atoms with Crippen LogP contribution in [-0.2, 0) is 16.0 Å². The summed E-state index contributed by atoms with van der Waals surface area (Å²) in [7, 11) is 1.61. The highest BCUT2D eigenvalue weighted by Gasteiger charge is 2.13. The van der Waals surface area contributed by atoms with Crippen LogP contribution in [0, 0.1) is 12.8 Å². The first-order valence-electron chi connectivity index (χ1n) is 11.5. The highest BCUT2D eigenvalue weighted by Crippen LogP contribution is 2.29. The van der Waals surface area contributed by atoms with E-state index in [4.69, 9.17) is 4.74 Å². The molecule has 1 aromatic carbocycles. The average molecular weight is 457 g/mol. The first kappa shape index (κ1) is 28.4. The van der Waals surface area contributed by atoms with Gasteiger partial charge in [0.05, 0.1) is 12.7 Å². The number of carbonyl (C=O) groups is 2. The number of rotatable bonds is 13. The Labute approximate surface area is 198 Å². The van der Waals surface area contributed by atoms with Gasteiger partial charge in [0.25, 0.3) is 0 Å². The summed E-state index contributed by atoms with van der Waals surface area (Å²) in [5.41, 5.74) is 2.73. The number of aromatic hydroxyl groups is 1. The van der Waals surface area contributed by atoms with Gasteiger partial charge in [-0.15, -0.1) is 0 Å². The number of benzene rings is 1. The second-order valence-electron chi connectivity index (χ2n) is 9.53. The highest BCUT2D eigenvalue weighted by atomic mass is 16.5. The molecule has 0 saturated heterocycles. The molecule has 0 aliphatic rings. The van der Waals surface area contributed by atoms with E-state index < -0.39 is 5.60 Å². The molecule has 0 amide bonds. The van der Waals surface area contributed by atoms with E-state index in [-0.39, 0.29) is 23.2 Å². The first-order chi connectivity index (χ1) is 15.3. The number of phenols is 1. The third-order valence-electron chi connectivity index (χ3n) is 5.42. The number of aryl methyl sites for hydroxylation is 1. The number of ketones is 2. The van der Waals surface area contributed by atoms with Crippen LogP contribution in [0.15, 0.2) is 47.6 Å². The lowest BCUT2D eigenvalue weighted by atomic mass is 9.96. The van der Waals surface area contributed by atoms with E-state index in [1.165, 1.54) is 12.2 Å².